The van der Waals surface area contributed by atoms with Crippen molar-refractivity contribution in [2.45, 2.75) is 44.3 Å². The number of carbonyl (C=O) groups is 2. The molecule has 1 atom stereocenters. The fraction of sp³-hybridized carbons (Fsp3) is 0.259. The quantitative estimate of drug-likeness (QED) is 0.421. The Morgan fingerprint density at radius 1 is 0.861 bits per heavy atom. The van der Waals surface area contributed by atoms with E-state index in [0.29, 0.717) is 10.7 Å². The second kappa shape index (κ2) is 12.1. The number of benzene rings is 3. The normalized spacial score (nSPS) is 12.1. The fourth-order valence-corrected chi connectivity index (χ4v) is 5.16. The summed E-state index contributed by atoms with van der Waals surface area (Å²) in [5.41, 5.74) is 1.15. The van der Waals surface area contributed by atoms with Crippen molar-refractivity contribution in [3.8, 4) is 0 Å². The van der Waals surface area contributed by atoms with Crippen LogP contribution >= 0.6 is 11.6 Å². The lowest BCUT2D eigenvalue weighted by Gasteiger charge is -2.32. The molecule has 0 aliphatic heterocycles. The number of hydrogen-bond donors (Lipinski definition) is 1. The van der Waals surface area contributed by atoms with Gasteiger partial charge in [-0.05, 0) is 62.7 Å². The van der Waals surface area contributed by atoms with E-state index < -0.39 is 28.5 Å². The first-order valence-corrected chi connectivity index (χ1v) is 13.4. The minimum absolute atomic E-state index is 0.00348. The van der Waals surface area contributed by atoms with Gasteiger partial charge in [0.05, 0.1) is 10.6 Å². The van der Waals surface area contributed by atoms with E-state index in [4.69, 9.17) is 11.6 Å². The summed E-state index contributed by atoms with van der Waals surface area (Å²) in [4.78, 5) is 28.0. The second-order valence-corrected chi connectivity index (χ2v) is 10.9. The van der Waals surface area contributed by atoms with Gasteiger partial charge in [-0.15, -0.1) is 0 Å². The van der Waals surface area contributed by atoms with Crippen molar-refractivity contribution >= 4 is 39.1 Å². The summed E-state index contributed by atoms with van der Waals surface area (Å²) in [6.45, 7) is 4.98. The van der Waals surface area contributed by atoms with Gasteiger partial charge in [-0.2, -0.15) is 0 Å². The molecule has 0 heterocycles. The molecule has 3 aromatic carbocycles. The summed E-state index contributed by atoms with van der Waals surface area (Å²) >= 11 is 5.95. The van der Waals surface area contributed by atoms with E-state index in [1.807, 2.05) is 44.2 Å². The molecule has 36 heavy (non-hydrogen) atoms. The van der Waals surface area contributed by atoms with Gasteiger partial charge in [0.15, 0.2) is 0 Å². The zero-order valence-electron chi connectivity index (χ0n) is 20.5. The summed E-state index contributed by atoms with van der Waals surface area (Å²) < 4.78 is 28.3. The molecule has 7 nitrogen and oxygen atoms in total. The number of halogens is 1. The average molecular weight is 528 g/mol. The Hall–Kier alpha value is -3.36. The number of carbonyl (C=O) groups excluding carboxylic acids is 2. The first-order valence-electron chi connectivity index (χ1n) is 11.6. The first kappa shape index (κ1) is 27.2. The Bertz CT molecular complexity index is 1270. The van der Waals surface area contributed by atoms with E-state index in [-0.39, 0.29) is 23.4 Å². The monoisotopic (exact) mass is 527 g/mol. The molecule has 190 valence electrons. The molecule has 0 radical (unpaired) electrons. The zero-order valence-corrected chi connectivity index (χ0v) is 22.0. The minimum atomic E-state index is -4.11. The molecule has 2 amide bonds. The lowest BCUT2D eigenvalue weighted by atomic mass is 10.1. The third-order valence-corrected chi connectivity index (χ3v) is 7.56. The van der Waals surface area contributed by atoms with Crippen molar-refractivity contribution in [1.82, 2.24) is 10.2 Å². The van der Waals surface area contributed by atoms with Gasteiger partial charge in [0.1, 0.15) is 12.6 Å². The Balaban J connectivity index is 1.99. The molecular weight excluding hydrogens is 498 g/mol. The SMILES string of the molecule is CC(C)NC(=O)[C@H](C)N(Cc1ccccc1)C(=O)CN(c1ccccc1)S(=O)(=O)c1ccc(Cl)cc1. The van der Waals surface area contributed by atoms with Crippen molar-refractivity contribution in [2.75, 3.05) is 10.8 Å². The highest BCUT2D eigenvalue weighted by Crippen LogP contribution is 2.25. The summed E-state index contributed by atoms with van der Waals surface area (Å²) in [7, 11) is -4.11. The maximum atomic E-state index is 13.7. The number of nitrogens with one attached hydrogen (secondary N) is 1. The van der Waals surface area contributed by atoms with Crippen LogP contribution in [0.25, 0.3) is 0 Å². The third-order valence-electron chi connectivity index (χ3n) is 5.52. The number of anilines is 1. The Morgan fingerprint density at radius 3 is 1.97 bits per heavy atom. The molecule has 3 aromatic rings. The highest BCUT2D eigenvalue weighted by molar-refractivity contribution is 7.92. The standard InChI is InChI=1S/C27H30ClN3O4S/c1-20(2)29-27(33)21(3)30(18-22-10-6-4-7-11-22)26(32)19-31(24-12-8-5-9-13-24)36(34,35)25-16-14-23(28)15-17-25/h4-17,20-21H,18-19H2,1-3H3,(H,29,33)/t21-/m0/s1. The number of sulfonamides is 1. The van der Waals surface area contributed by atoms with Crippen LogP contribution in [0.2, 0.25) is 5.02 Å². The van der Waals surface area contributed by atoms with Crippen LogP contribution in [0.5, 0.6) is 0 Å². The molecule has 0 saturated carbocycles. The number of amides is 2. The summed E-state index contributed by atoms with van der Waals surface area (Å²) in [5, 5.41) is 3.23. The van der Waals surface area contributed by atoms with E-state index in [2.05, 4.69) is 5.32 Å². The van der Waals surface area contributed by atoms with Crippen molar-refractivity contribution in [1.29, 1.82) is 0 Å². The molecule has 9 heteroatoms. The minimum Gasteiger partial charge on any atom is -0.352 e. The molecule has 0 aliphatic rings. The molecule has 1 N–H and O–H groups in total. The number of rotatable bonds is 10. The van der Waals surface area contributed by atoms with Crippen LogP contribution in [0.4, 0.5) is 5.69 Å². The zero-order chi connectivity index (χ0) is 26.3. The van der Waals surface area contributed by atoms with E-state index in [1.54, 1.807) is 37.3 Å². The topological polar surface area (TPSA) is 86.8 Å². The van der Waals surface area contributed by atoms with E-state index in [1.165, 1.54) is 29.2 Å². The summed E-state index contributed by atoms with van der Waals surface area (Å²) in [6, 6.07) is 22.5. The molecule has 0 aliphatic carbocycles. The molecule has 0 bridgehead atoms. The van der Waals surface area contributed by atoms with Crippen LogP contribution in [0.1, 0.15) is 26.3 Å². The summed E-state index contributed by atoms with van der Waals surface area (Å²) in [6.07, 6.45) is 0. The predicted molar refractivity (Wildman–Crippen MR) is 142 cm³/mol. The van der Waals surface area contributed by atoms with Crippen LogP contribution in [0.3, 0.4) is 0 Å². The maximum Gasteiger partial charge on any atom is 0.264 e. The Labute approximate surface area is 217 Å². The molecule has 0 aromatic heterocycles. The molecule has 0 fully saturated rings. The van der Waals surface area contributed by atoms with Crippen molar-refractivity contribution in [3.63, 3.8) is 0 Å². The number of hydrogen-bond acceptors (Lipinski definition) is 4. The van der Waals surface area contributed by atoms with Gasteiger partial charge in [0, 0.05) is 17.6 Å². The van der Waals surface area contributed by atoms with E-state index >= 15 is 0 Å². The van der Waals surface area contributed by atoms with Crippen LogP contribution < -0.4 is 9.62 Å². The maximum absolute atomic E-state index is 13.7. The molecular formula is C27H30ClN3O4S. The van der Waals surface area contributed by atoms with Gasteiger partial charge in [-0.3, -0.25) is 13.9 Å². The van der Waals surface area contributed by atoms with Gasteiger partial charge in [0.25, 0.3) is 10.0 Å². The van der Waals surface area contributed by atoms with E-state index in [0.717, 1.165) is 9.87 Å². The van der Waals surface area contributed by atoms with Crippen LogP contribution in [-0.4, -0.2) is 43.8 Å². The van der Waals surface area contributed by atoms with Gasteiger partial charge in [0.2, 0.25) is 11.8 Å². The van der Waals surface area contributed by atoms with Gasteiger partial charge < -0.3 is 10.2 Å². The molecule has 3 rings (SSSR count). The van der Waals surface area contributed by atoms with E-state index in [9.17, 15) is 18.0 Å². The molecule has 0 unspecified atom stereocenters. The Kier molecular flexibility index (Phi) is 9.12. The van der Waals surface area contributed by atoms with Gasteiger partial charge in [-0.25, -0.2) is 8.42 Å². The third kappa shape index (κ3) is 6.86. The van der Waals surface area contributed by atoms with Gasteiger partial charge >= 0.3 is 0 Å². The first-order chi connectivity index (χ1) is 17.1. The van der Waals surface area contributed by atoms with Crippen molar-refractivity contribution in [2.24, 2.45) is 0 Å². The van der Waals surface area contributed by atoms with Crippen LogP contribution in [0, 0.1) is 0 Å². The second-order valence-electron chi connectivity index (χ2n) is 8.65. The smallest absolute Gasteiger partial charge is 0.264 e. The highest BCUT2D eigenvalue weighted by Gasteiger charge is 2.32. The van der Waals surface area contributed by atoms with Crippen LogP contribution in [0.15, 0.2) is 89.8 Å². The fourth-order valence-electron chi connectivity index (χ4n) is 3.62. The van der Waals surface area contributed by atoms with Gasteiger partial charge in [-0.1, -0.05) is 60.1 Å². The number of para-hydroxylation sites is 1. The predicted octanol–water partition coefficient (Wildman–Crippen LogP) is 4.48. The lowest BCUT2D eigenvalue weighted by molar-refractivity contribution is -0.139. The average Bonchev–Trinajstić information content (AvgIpc) is 2.86. The molecule has 0 spiro atoms. The largest absolute Gasteiger partial charge is 0.352 e. The van der Waals surface area contributed by atoms with Crippen LogP contribution in [-0.2, 0) is 26.2 Å². The number of nitrogens with zero attached hydrogens (tertiary/aromatic N) is 2. The summed E-state index contributed by atoms with van der Waals surface area (Å²) in [5.74, 6) is -0.826. The van der Waals surface area contributed by atoms with Crippen molar-refractivity contribution in [3.05, 3.63) is 95.5 Å². The highest BCUT2D eigenvalue weighted by atomic mass is 35.5. The lowest BCUT2D eigenvalue weighted by Crippen LogP contribution is -2.52. The Morgan fingerprint density at radius 2 is 1.42 bits per heavy atom. The molecule has 0 saturated heterocycles. The van der Waals surface area contributed by atoms with Crippen molar-refractivity contribution < 1.29 is 18.0 Å².